The molecule has 1 atom stereocenters. The fourth-order valence-electron chi connectivity index (χ4n) is 2.61. The van der Waals surface area contributed by atoms with E-state index in [9.17, 15) is 9.59 Å². The minimum absolute atomic E-state index is 0.0286. The van der Waals surface area contributed by atoms with Gasteiger partial charge >= 0.3 is 0 Å². The Morgan fingerprint density at radius 1 is 1.22 bits per heavy atom. The first-order chi connectivity index (χ1) is 11.1. The summed E-state index contributed by atoms with van der Waals surface area (Å²) >= 11 is 1.56. The average Bonchev–Trinajstić information content (AvgIpc) is 2.59. The molecular weight excluding hydrogens is 312 g/mol. The zero-order valence-electron chi connectivity index (χ0n) is 13.7. The zero-order chi connectivity index (χ0) is 16.7. The number of methoxy groups -OCH3 is 1. The van der Waals surface area contributed by atoms with Crippen molar-refractivity contribution in [3.63, 3.8) is 0 Å². The van der Waals surface area contributed by atoms with E-state index in [2.05, 4.69) is 5.32 Å². The van der Waals surface area contributed by atoms with Crippen LogP contribution in [0.2, 0.25) is 0 Å². The molecule has 1 saturated heterocycles. The second kappa shape index (κ2) is 8.82. The molecule has 126 valence electrons. The Balaban J connectivity index is 1.96. The summed E-state index contributed by atoms with van der Waals surface area (Å²) in [6.07, 6.45) is 3.27. The summed E-state index contributed by atoms with van der Waals surface area (Å²) in [6, 6.07) is 7.22. The second-order valence-electron chi connectivity index (χ2n) is 5.63. The van der Waals surface area contributed by atoms with Gasteiger partial charge in [0.15, 0.2) is 0 Å². The number of carbonyl (C=O) groups excluding carboxylic acids is 2. The van der Waals surface area contributed by atoms with Gasteiger partial charge in [-0.2, -0.15) is 0 Å². The summed E-state index contributed by atoms with van der Waals surface area (Å²) in [6.45, 7) is 3.04. The van der Waals surface area contributed by atoms with Crippen molar-refractivity contribution in [2.24, 2.45) is 0 Å². The van der Waals surface area contributed by atoms with Gasteiger partial charge in [-0.25, -0.2) is 0 Å². The number of hydrogen-bond acceptors (Lipinski definition) is 4. The number of benzene rings is 1. The first kappa shape index (κ1) is 17.7. The van der Waals surface area contributed by atoms with Gasteiger partial charge in [0.1, 0.15) is 11.8 Å². The van der Waals surface area contributed by atoms with E-state index < -0.39 is 6.04 Å². The predicted molar refractivity (Wildman–Crippen MR) is 91.8 cm³/mol. The minimum Gasteiger partial charge on any atom is -0.497 e. The van der Waals surface area contributed by atoms with Crippen LogP contribution >= 0.6 is 11.8 Å². The molecule has 0 saturated carbocycles. The van der Waals surface area contributed by atoms with Gasteiger partial charge in [-0.05, 0) is 43.5 Å². The SMILES string of the molecule is COc1ccc(SCC(NC(C)=O)C(=O)N2CCCCC2)cc1. The van der Waals surface area contributed by atoms with E-state index in [1.807, 2.05) is 29.2 Å². The summed E-state index contributed by atoms with van der Waals surface area (Å²) < 4.78 is 5.14. The van der Waals surface area contributed by atoms with Gasteiger partial charge in [0, 0.05) is 30.7 Å². The molecule has 2 rings (SSSR count). The number of carbonyl (C=O) groups is 2. The molecule has 1 aromatic rings. The van der Waals surface area contributed by atoms with Crippen molar-refractivity contribution in [3.05, 3.63) is 24.3 Å². The van der Waals surface area contributed by atoms with Crippen LogP contribution in [0.25, 0.3) is 0 Å². The highest BCUT2D eigenvalue weighted by molar-refractivity contribution is 7.99. The molecule has 6 heteroatoms. The average molecular weight is 336 g/mol. The highest BCUT2D eigenvalue weighted by Gasteiger charge is 2.26. The summed E-state index contributed by atoms with van der Waals surface area (Å²) in [5.74, 6) is 1.19. The van der Waals surface area contributed by atoms with Gasteiger partial charge < -0.3 is 15.0 Å². The largest absolute Gasteiger partial charge is 0.497 e. The van der Waals surface area contributed by atoms with Crippen LogP contribution in [0.15, 0.2) is 29.2 Å². The molecule has 1 N–H and O–H groups in total. The molecule has 0 radical (unpaired) electrons. The number of piperidine rings is 1. The first-order valence-electron chi connectivity index (χ1n) is 7.93. The van der Waals surface area contributed by atoms with Crippen LogP contribution in [0, 0.1) is 0 Å². The van der Waals surface area contributed by atoms with Crippen molar-refractivity contribution >= 4 is 23.6 Å². The topological polar surface area (TPSA) is 58.6 Å². The van der Waals surface area contributed by atoms with Crippen LogP contribution < -0.4 is 10.1 Å². The highest BCUT2D eigenvalue weighted by Crippen LogP contribution is 2.22. The number of hydrogen-bond donors (Lipinski definition) is 1. The smallest absolute Gasteiger partial charge is 0.246 e. The number of ether oxygens (including phenoxy) is 1. The lowest BCUT2D eigenvalue weighted by molar-refractivity contribution is -0.136. The monoisotopic (exact) mass is 336 g/mol. The molecule has 1 aliphatic heterocycles. The standard InChI is InChI=1S/C17H24N2O3S/c1-13(20)18-16(17(21)19-10-4-3-5-11-19)12-23-15-8-6-14(22-2)7-9-15/h6-9,16H,3-5,10-12H2,1-2H3,(H,18,20). The predicted octanol–water partition coefficient (Wildman–Crippen LogP) is 2.30. The van der Waals surface area contributed by atoms with Crippen molar-refractivity contribution in [1.82, 2.24) is 10.2 Å². The van der Waals surface area contributed by atoms with Crippen LogP contribution in [-0.4, -0.2) is 48.7 Å². The summed E-state index contributed by atoms with van der Waals surface area (Å²) in [4.78, 5) is 27.0. The maximum Gasteiger partial charge on any atom is 0.246 e. The number of nitrogens with one attached hydrogen (secondary N) is 1. The second-order valence-corrected chi connectivity index (χ2v) is 6.72. The van der Waals surface area contributed by atoms with Crippen LogP contribution in [0.3, 0.4) is 0 Å². The fourth-order valence-corrected chi connectivity index (χ4v) is 3.52. The third-order valence-electron chi connectivity index (χ3n) is 3.82. The Hall–Kier alpha value is -1.69. The molecule has 1 heterocycles. The maximum absolute atomic E-state index is 12.6. The van der Waals surface area contributed by atoms with Crippen LogP contribution in [0.1, 0.15) is 26.2 Å². The Bertz CT molecular complexity index is 527. The first-order valence-corrected chi connectivity index (χ1v) is 8.91. The number of thioether (sulfide) groups is 1. The Morgan fingerprint density at radius 3 is 2.43 bits per heavy atom. The van der Waals surface area contributed by atoms with Crippen molar-refractivity contribution in [2.45, 2.75) is 37.1 Å². The van der Waals surface area contributed by atoms with Crippen molar-refractivity contribution in [3.8, 4) is 5.75 Å². The molecule has 1 fully saturated rings. The van der Waals surface area contributed by atoms with Crippen LogP contribution in [-0.2, 0) is 9.59 Å². The molecule has 1 unspecified atom stereocenters. The molecule has 1 aliphatic rings. The number of rotatable bonds is 6. The molecule has 2 amide bonds. The number of likely N-dealkylation sites (tertiary alicyclic amines) is 1. The van der Waals surface area contributed by atoms with Crippen LogP contribution in [0.5, 0.6) is 5.75 Å². The lowest BCUT2D eigenvalue weighted by Crippen LogP contribution is -2.50. The highest BCUT2D eigenvalue weighted by atomic mass is 32.2. The Morgan fingerprint density at radius 2 is 1.87 bits per heavy atom. The zero-order valence-corrected chi connectivity index (χ0v) is 14.5. The molecule has 1 aromatic carbocycles. The Kier molecular flexibility index (Phi) is 6.77. The van der Waals surface area contributed by atoms with E-state index in [0.29, 0.717) is 5.75 Å². The number of nitrogens with zero attached hydrogens (tertiary/aromatic N) is 1. The van der Waals surface area contributed by atoms with Gasteiger partial charge in [-0.15, -0.1) is 11.8 Å². The van der Waals surface area contributed by atoms with Gasteiger partial charge in [0.05, 0.1) is 7.11 Å². The third-order valence-corrected chi connectivity index (χ3v) is 4.92. The van der Waals surface area contributed by atoms with E-state index in [-0.39, 0.29) is 11.8 Å². The molecule has 23 heavy (non-hydrogen) atoms. The number of amides is 2. The molecule has 0 spiro atoms. The van der Waals surface area contributed by atoms with Crippen molar-refractivity contribution < 1.29 is 14.3 Å². The third kappa shape index (κ3) is 5.46. The van der Waals surface area contributed by atoms with E-state index in [1.165, 1.54) is 13.3 Å². The van der Waals surface area contributed by atoms with Crippen molar-refractivity contribution in [2.75, 3.05) is 26.0 Å². The molecule has 5 nitrogen and oxygen atoms in total. The van der Waals surface area contributed by atoms with Gasteiger partial charge in [0.2, 0.25) is 11.8 Å². The minimum atomic E-state index is -0.474. The quantitative estimate of drug-likeness (QED) is 0.810. The van der Waals surface area contributed by atoms with E-state index in [0.717, 1.165) is 36.6 Å². The van der Waals surface area contributed by atoms with E-state index >= 15 is 0 Å². The van der Waals surface area contributed by atoms with Gasteiger partial charge in [-0.1, -0.05) is 0 Å². The summed E-state index contributed by atoms with van der Waals surface area (Å²) in [5, 5.41) is 2.79. The molecular formula is C17H24N2O3S. The molecule has 0 aromatic heterocycles. The van der Waals surface area contributed by atoms with Crippen molar-refractivity contribution in [1.29, 1.82) is 0 Å². The van der Waals surface area contributed by atoms with E-state index in [4.69, 9.17) is 4.74 Å². The lowest BCUT2D eigenvalue weighted by Gasteiger charge is -2.30. The molecule has 0 bridgehead atoms. The normalized spacial score (nSPS) is 15.8. The van der Waals surface area contributed by atoms with Gasteiger partial charge in [0.25, 0.3) is 0 Å². The Labute approximate surface area is 141 Å². The van der Waals surface area contributed by atoms with Gasteiger partial charge in [-0.3, -0.25) is 9.59 Å². The van der Waals surface area contributed by atoms with Crippen LogP contribution in [0.4, 0.5) is 0 Å². The summed E-state index contributed by atoms with van der Waals surface area (Å²) in [5.41, 5.74) is 0. The lowest BCUT2D eigenvalue weighted by atomic mass is 10.1. The fraction of sp³-hybridized carbons (Fsp3) is 0.529. The van der Waals surface area contributed by atoms with E-state index in [1.54, 1.807) is 18.9 Å². The molecule has 0 aliphatic carbocycles. The maximum atomic E-state index is 12.6. The summed E-state index contributed by atoms with van der Waals surface area (Å²) in [7, 11) is 1.63.